The highest BCUT2D eigenvalue weighted by molar-refractivity contribution is 7.10. The van der Waals surface area contributed by atoms with Gasteiger partial charge in [-0.05, 0) is 58.6 Å². The molecule has 1 aliphatic heterocycles. The van der Waals surface area contributed by atoms with Crippen LogP contribution in [0.3, 0.4) is 0 Å². The first-order valence-corrected chi connectivity index (χ1v) is 10.8. The van der Waals surface area contributed by atoms with E-state index in [1.54, 1.807) is 43.0 Å². The highest BCUT2D eigenvalue weighted by Crippen LogP contribution is 2.42. The second-order valence-electron chi connectivity index (χ2n) is 6.45. The third-order valence-electron chi connectivity index (χ3n) is 4.90. The fraction of sp³-hybridized carbons (Fsp3) is 0.227. The lowest BCUT2D eigenvalue weighted by Gasteiger charge is -2.37. The van der Waals surface area contributed by atoms with E-state index in [0.717, 1.165) is 27.5 Å². The van der Waals surface area contributed by atoms with Gasteiger partial charge in [-0.3, -0.25) is 4.79 Å². The summed E-state index contributed by atoms with van der Waals surface area (Å²) in [6.07, 6.45) is 4.36. The number of hydrogen-bond donors (Lipinski definition) is 0. The molecule has 0 radical (unpaired) electrons. The van der Waals surface area contributed by atoms with Crippen molar-refractivity contribution in [2.45, 2.75) is 12.5 Å². The Bertz CT molecular complexity index is 978. The summed E-state index contributed by atoms with van der Waals surface area (Å²) in [6, 6.07) is 12.0. The maximum Gasteiger partial charge on any atom is 0.247 e. The molecule has 4 nitrogen and oxygen atoms in total. The van der Waals surface area contributed by atoms with E-state index < -0.39 is 0 Å². The number of carbonyl (C=O) groups is 1. The van der Waals surface area contributed by atoms with Crippen LogP contribution in [-0.4, -0.2) is 31.6 Å². The third kappa shape index (κ3) is 3.57. The topological polar surface area (TPSA) is 38.8 Å². The number of thiophene rings is 2. The number of carbonyl (C=O) groups excluding carboxylic acids is 1. The van der Waals surface area contributed by atoms with Crippen molar-refractivity contribution in [3.8, 4) is 11.5 Å². The van der Waals surface area contributed by atoms with Gasteiger partial charge in [-0.15, -0.1) is 22.7 Å². The summed E-state index contributed by atoms with van der Waals surface area (Å²) >= 11 is 3.29. The van der Waals surface area contributed by atoms with Gasteiger partial charge in [0.15, 0.2) is 11.5 Å². The largest absolute Gasteiger partial charge is 0.493 e. The monoisotopic (exact) mass is 411 g/mol. The van der Waals surface area contributed by atoms with Crippen molar-refractivity contribution >= 4 is 34.7 Å². The summed E-state index contributed by atoms with van der Waals surface area (Å²) in [4.78, 5) is 17.2. The molecule has 1 aliphatic rings. The first kappa shape index (κ1) is 18.8. The van der Waals surface area contributed by atoms with E-state index in [1.807, 2.05) is 46.7 Å². The number of rotatable bonds is 5. The summed E-state index contributed by atoms with van der Waals surface area (Å²) in [7, 11) is 3.29. The molecular weight excluding hydrogens is 390 g/mol. The third-order valence-corrected chi connectivity index (χ3v) is 6.67. The van der Waals surface area contributed by atoms with Gasteiger partial charge in [0.1, 0.15) is 0 Å². The van der Waals surface area contributed by atoms with Crippen molar-refractivity contribution in [2.75, 3.05) is 20.8 Å². The van der Waals surface area contributed by atoms with Crippen LogP contribution < -0.4 is 9.47 Å². The lowest BCUT2D eigenvalue weighted by Crippen LogP contribution is -2.39. The number of nitrogens with zero attached hydrogens (tertiary/aromatic N) is 1. The Hall–Kier alpha value is -2.57. The van der Waals surface area contributed by atoms with E-state index in [2.05, 4.69) is 11.4 Å². The Balaban J connectivity index is 1.73. The van der Waals surface area contributed by atoms with Gasteiger partial charge in [-0.1, -0.05) is 12.1 Å². The molecule has 0 saturated heterocycles. The number of ether oxygens (including phenoxy) is 2. The van der Waals surface area contributed by atoms with Gasteiger partial charge in [-0.2, -0.15) is 0 Å². The quantitative estimate of drug-likeness (QED) is 0.554. The lowest BCUT2D eigenvalue weighted by atomic mass is 9.90. The van der Waals surface area contributed by atoms with Gasteiger partial charge in [0, 0.05) is 22.4 Å². The van der Waals surface area contributed by atoms with Gasteiger partial charge >= 0.3 is 0 Å². The molecule has 0 bridgehead atoms. The molecule has 6 heteroatoms. The number of methoxy groups -OCH3 is 2. The van der Waals surface area contributed by atoms with Crippen molar-refractivity contribution < 1.29 is 14.3 Å². The lowest BCUT2D eigenvalue weighted by molar-refractivity contribution is -0.127. The normalized spacial score (nSPS) is 16.2. The molecule has 1 aromatic carbocycles. The van der Waals surface area contributed by atoms with Crippen LogP contribution in [0.5, 0.6) is 11.5 Å². The van der Waals surface area contributed by atoms with Gasteiger partial charge in [0.25, 0.3) is 0 Å². The summed E-state index contributed by atoms with van der Waals surface area (Å²) < 4.78 is 11.0. The predicted octanol–water partition coefficient (Wildman–Crippen LogP) is 5.01. The predicted molar refractivity (Wildman–Crippen MR) is 114 cm³/mol. The van der Waals surface area contributed by atoms with Crippen LogP contribution in [0.4, 0.5) is 0 Å². The van der Waals surface area contributed by atoms with Crippen LogP contribution in [0.1, 0.15) is 26.9 Å². The summed E-state index contributed by atoms with van der Waals surface area (Å²) in [5, 5.41) is 4.06. The van der Waals surface area contributed by atoms with Gasteiger partial charge in [0.05, 0.1) is 20.3 Å². The molecular formula is C22H21NO3S2. The van der Waals surface area contributed by atoms with Gasteiger partial charge in [0.2, 0.25) is 5.91 Å². The Morgan fingerprint density at radius 1 is 1.11 bits per heavy atom. The molecule has 0 fully saturated rings. The van der Waals surface area contributed by atoms with E-state index in [-0.39, 0.29) is 11.9 Å². The molecule has 2 aromatic heterocycles. The van der Waals surface area contributed by atoms with Crippen LogP contribution in [0.25, 0.3) is 6.08 Å². The summed E-state index contributed by atoms with van der Waals surface area (Å²) in [5.41, 5.74) is 2.30. The Labute approximate surface area is 172 Å². The van der Waals surface area contributed by atoms with Crippen molar-refractivity contribution in [3.05, 3.63) is 74.1 Å². The minimum absolute atomic E-state index is 0.0206. The van der Waals surface area contributed by atoms with E-state index in [4.69, 9.17) is 9.47 Å². The number of amides is 1. The number of fused-ring (bicyclic) bond motifs is 1. The average molecular weight is 412 g/mol. The van der Waals surface area contributed by atoms with Crippen molar-refractivity contribution in [1.29, 1.82) is 0 Å². The molecule has 1 amide bonds. The highest BCUT2D eigenvalue weighted by atomic mass is 32.1. The van der Waals surface area contributed by atoms with E-state index in [9.17, 15) is 4.79 Å². The van der Waals surface area contributed by atoms with Crippen molar-refractivity contribution in [2.24, 2.45) is 0 Å². The molecule has 0 saturated carbocycles. The number of benzene rings is 1. The zero-order valence-electron chi connectivity index (χ0n) is 15.8. The zero-order valence-corrected chi connectivity index (χ0v) is 17.4. The Kier molecular flexibility index (Phi) is 5.50. The average Bonchev–Trinajstić information content (AvgIpc) is 3.44. The molecule has 4 rings (SSSR count). The molecule has 3 heterocycles. The SMILES string of the molecule is COc1cc2c(cc1OC)C(c1cccs1)N(C(=O)/C=C/c1cccs1)CC2. The van der Waals surface area contributed by atoms with E-state index >= 15 is 0 Å². The molecule has 0 aliphatic carbocycles. The highest BCUT2D eigenvalue weighted by Gasteiger charge is 2.33. The minimum atomic E-state index is -0.121. The summed E-state index contributed by atoms with van der Waals surface area (Å²) in [5.74, 6) is 1.43. The maximum absolute atomic E-state index is 13.1. The minimum Gasteiger partial charge on any atom is -0.493 e. The van der Waals surface area contributed by atoms with E-state index in [1.165, 1.54) is 5.56 Å². The molecule has 0 N–H and O–H groups in total. The molecule has 1 atom stereocenters. The molecule has 0 spiro atoms. The van der Waals surface area contributed by atoms with Crippen molar-refractivity contribution in [1.82, 2.24) is 4.90 Å². The second kappa shape index (κ2) is 8.20. The fourth-order valence-electron chi connectivity index (χ4n) is 3.57. The fourth-order valence-corrected chi connectivity index (χ4v) is 5.04. The van der Waals surface area contributed by atoms with Crippen LogP contribution >= 0.6 is 22.7 Å². The Morgan fingerprint density at radius 3 is 2.54 bits per heavy atom. The second-order valence-corrected chi connectivity index (χ2v) is 8.41. The smallest absolute Gasteiger partial charge is 0.247 e. The molecule has 28 heavy (non-hydrogen) atoms. The maximum atomic E-state index is 13.1. The van der Waals surface area contributed by atoms with Crippen LogP contribution in [0.2, 0.25) is 0 Å². The van der Waals surface area contributed by atoms with E-state index in [0.29, 0.717) is 12.3 Å². The zero-order chi connectivity index (χ0) is 19.5. The first-order valence-electron chi connectivity index (χ1n) is 9.01. The Morgan fingerprint density at radius 2 is 1.86 bits per heavy atom. The van der Waals surface area contributed by atoms with Crippen LogP contribution in [0.15, 0.2) is 53.2 Å². The van der Waals surface area contributed by atoms with Gasteiger partial charge < -0.3 is 14.4 Å². The molecule has 1 unspecified atom stereocenters. The summed E-state index contributed by atoms with van der Waals surface area (Å²) in [6.45, 7) is 0.665. The van der Waals surface area contributed by atoms with Crippen LogP contribution in [0, 0.1) is 0 Å². The van der Waals surface area contributed by atoms with Gasteiger partial charge in [-0.25, -0.2) is 0 Å². The molecule has 144 valence electrons. The van der Waals surface area contributed by atoms with Crippen LogP contribution in [-0.2, 0) is 11.2 Å². The van der Waals surface area contributed by atoms with Crippen molar-refractivity contribution in [3.63, 3.8) is 0 Å². The number of hydrogen-bond acceptors (Lipinski definition) is 5. The standard InChI is InChI=1S/C22H21NO3S2/c1-25-18-13-15-9-10-23(21(24)8-7-16-5-3-11-27-16)22(20-6-4-12-28-20)17(15)14-19(18)26-2/h3-8,11-14,22H,9-10H2,1-2H3/b8-7+. The first-order chi connectivity index (χ1) is 13.7. The molecule has 3 aromatic rings.